The first-order chi connectivity index (χ1) is 12.1. The van der Waals surface area contributed by atoms with Gasteiger partial charge in [0.15, 0.2) is 0 Å². The molecule has 5 nitrogen and oxygen atoms in total. The van der Waals surface area contributed by atoms with Crippen molar-refractivity contribution in [1.82, 2.24) is 0 Å². The number of benzene rings is 2. The van der Waals surface area contributed by atoms with E-state index in [9.17, 15) is 9.59 Å². The van der Waals surface area contributed by atoms with Crippen LogP contribution in [0.5, 0.6) is 5.75 Å². The molecule has 0 aromatic heterocycles. The fourth-order valence-corrected chi connectivity index (χ4v) is 4.92. The number of halogens is 1. The molecule has 25 heavy (non-hydrogen) atoms. The average Bonchev–Trinajstić information content (AvgIpc) is 3.08. The predicted molar refractivity (Wildman–Crippen MR) is 102 cm³/mol. The van der Waals surface area contributed by atoms with Crippen LogP contribution in [0.25, 0.3) is 0 Å². The predicted octanol–water partition coefficient (Wildman–Crippen LogP) is 3.73. The molecule has 2 aliphatic heterocycles. The van der Waals surface area contributed by atoms with Crippen LogP contribution in [0, 0.1) is 0 Å². The summed E-state index contributed by atoms with van der Waals surface area (Å²) in [6.45, 7) is 2.49. The molecule has 0 radical (unpaired) electrons. The number of amides is 2. The second-order valence-electron chi connectivity index (χ2n) is 5.73. The zero-order chi connectivity index (χ0) is 17.6. The van der Waals surface area contributed by atoms with Gasteiger partial charge in [-0.3, -0.25) is 14.5 Å². The van der Waals surface area contributed by atoms with Gasteiger partial charge in [-0.2, -0.15) is 0 Å². The summed E-state index contributed by atoms with van der Waals surface area (Å²) < 4.78 is 6.34. The lowest BCUT2D eigenvalue weighted by molar-refractivity contribution is -0.122. The molecule has 1 unspecified atom stereocenters. The molecule has 2 amide bonds. The maximum Gasteiger partial charge on any atom is 0.266 e. The first kappa shape index (κ1) is 16.5. The van der Waals surface area contributed by atoms with E-state index in [1.807, 2.05) is 49.4 Å². The zero-order valence-corrected chi connectivity index (χ0v) is 15.8. The number of fused-ring (bicyclic) bond motifs is 2. The fourth-order valence-electron chi connectivity index (χ4n) is 3.26. The van der Waals surface area contributed by atoms with Crippen molar-refractivity contribution in [3.63, 3.8) is 0 Å². The number of anilines is 2. The highest BCUT2D eigenvalue weighted by Crippen LogP contribution is 2.54. The van der Waals surface area contributed by atoms with Crippen molar-refractivity contribution in [3.8, 4) is 5.75 Å². The Morgan fingerprint density at radius 1 is 1.24 bits per heavy atom. The van der Waals surface area contributed by atoms with Crippen LogP contribution in [-0.2, 0) is 14.5 Å². The van der Waals surface area contributed by atoms with E-state index in [4.69, 9.17) is 4.74 Å². The molecule has 0 saturated carbocycles. The van der Waals surface area contributed by atoms with E-state index in [-0.39, 0.29) is 17.6 Å². The summed E-state index contributed by atoms with van der Waals surface area (Å²) in [5.41, 5.74) is 2.23. The average molecular weight is 419 g/mol. The van der Waals surface area contributed by atoms with E-state index in [1.165, 1.54) is 11.8 Å². The molecule has 0 bridgehead atoms. The first-order valence-corrected chi connectivity index (χ1v) is 9.65. The highest BCUT2D eigenvalue weighted by atomic mass is 79.9. The molecule has 4 rings (SSSR count). The molecule has 1 N–H and O–H groups in total. The molecule has 7 heteroatoms. The van der Waals surface area contributed by atoms with Gasteiger partial charge >= 0.3 is 0 Å². The highest BCUT2D eigenvalue weighted by molar-refractivity contribution is 9.10. The maximum absolute atomic E-state index is 12.9. The topological polar surface area (TPSA) is 58.6 Å². The van der Waals surface area contributed by atoms with Gasteiger partial charge in [0.1, 0.15) is 5.75 Å². The van der Waals surface area contributed by atoms with Gasteiger partial charge in [0, 0.05) is 21.4 Å². The summed E-state index contributed by atoms with van der Waals surface area (Å²) >= 11 is 4.81. The Hall–Kier alpha value is -1.99. The molecule has 128 valence electrons. The van der Waals surface area contributed by atoms with Crippen LogP contribution in [0.4, 0.5) is 11.4 Å². The summed E-state index contributed by atoms with van der Waals surface area (Å²) in [4.78, 5) is 26.1. The van der Waals surface area contributed by atoms with Gasteiger partial charge in [-0.15, -0.1) is 11.8 Å². The van der Waals surface area contributed by atoms with Crippen molar-refractivity contribution in [2.75, 3.05) is 22.6 Å². The second-order valence-corrected chi connectivity index (χ2v) is 7.82. The molecule has 2 aliphatic rings. The minimum Gasteiger partial charge on any atom is -0.494 e. The number of thioether (sulfide) groups is 1. The summed E-state index contributed by atoms with van der Waals surface area (Å²) in [6, 6.07) is 12.9. The Labute approximate surface area is 157 Å². The normalized spacial score (nSPS) is 21.6. The number of nitrogens with one attached hydrogen (secondary N) is 1. The van der Waals surface area contributed by atoms with Crippen LogP contribution < -0.4 is 15.0 Å². The molecule has 1 fully saturated rings. The third-order valence-electron chi connectivity index (χ3n) is 4.28. The second kappa shape index (κ2) is 6.07. The van der Waals surface area contributed by atoms with E-state index in [0.29, 0.717) is 12.3 Å². The lowest BCUT2D eigenvalue weighted by Gasteiger charge is -2.32. The van der Waals surface area contributed by atoms with Crippen molar-refractivity contribution in [1.29, 1.82) is 0 Å². The van der Waals surface area contributed by atoms with E-state index in [1.54, 1.807) is 4.90 Å². The van der Waals surface area contributed by atoms with Crippen LogP contribution in [-0.4, -0.2) is 24.2 Å². The summed E-state index contributed by atoms with van der Waals surface area (Å²) in [5, 5.41) is 2.91. The molecular weight excluding hydrogens is 404 g/mol. The lowest BCUT2D eigenvalue weighted by atomic mass is 10.0. The largest absolute Gasteiger partial charge is 0.494 e. The van der Waals surface area contributed by atoms with Gasteiger partial charge in [0.05, 0.1) is 12.4 Å². The van der Waals surface area contributed by atoms with Crippen molar-refractivity contribution in [2.45, 2.75) is 11.8 Å². The number of carbonyl (C=O) groups excluding carboxylic acids is 2. The smallest absolute Gasteiger partial charge is 0.266 e. The number of carbonyl (C=O) groups is 2. The number of rotatable bonds is 3. The maximum atomic E-state index is 12.9. The Morgan fingerprint density at radius 3 is 2.72 bits per heavy atom. The molecule has 1 saturated heterocycles. The van der Waals surface area contributed by atoms with Crippen molar-refractivity contribution in [3.05, 3.63) is 52.5 Å². The molecule has 1 atom stereocenters. The van der Waals surface area contributed by atoms with Gasteiger partial charge in [-0.05, 0) is 49.4 Å². The Bertz CT molecular complexity index is 871. The standard InChI is InChI=1S/C18H15BrN2O3S/c1-2-24-13-6-4-12(5-7-13)21-16(22)10-25-18(21)14-9-11(19)3-8-15(14)20-17(18)23/h3-9H,2,10H2,1H3,(H,20,23). The van der Waals surface area contributed by atoms with E-state index in [2.05, 4.69) is 21.2 Å². The molecule has 2 heterocycles. The SMILES string of the molecule is CCOc1ccc(N2C(=O)CSC23C(=O)Nc2ccc(Br)cc23)cc1. The van der Waals surface area contributed by atoms with Crippen LogP contribution in [0.1, 0.15) is 12.5 Å². The van der Waals surface area contributed by atoms with Gasteiger partial charge in [0.2, 0.25) is 10.8 Å². The van der Waals surface area contributed by atoms with E-state index in [0.717, 1.165) is 21.5 Å². The molecule has 0 aliphatic carbocycles. The molecule has 1 spiro atoms. The molecule has 2 aromatic carbocycles. The van der Waals surface area contributed by atoms with Crippen LogP contribution in [0.3, 0.4) is 0 Å². The zero-order valence-electron chi connectivity index (χ0n) is 13.4. The van der Waals surface area contributed by atoms with Gasteiger partial charge < -0.3 is 10.1 Å². The van der Waals surface area contributed by atoms with Gasteiger partial charge in [-0.25, -0.2) is 0 Å². The van der Waals surface area contributed by atoms with Crippen molar-refractivity contribution < 1.29 is 14.3 Å². The Kier molecular flexibility index (Phi) is 4.00. The molecule has 2 aromatic rings. The number of nitrogens with zero attached hydrogens (tertiary/aromatic N) is 1. The van der Waals surface area contributed by atoms with E-state index >= 15 is 0 Å². The van der Waals surface area contributed by atoms with Crippen LogP contribution in [0.15, 0.2) is 46.9 Å². The van der Waals surface area contributed by atoms with Gasteiger partial charge in [0.25, 0.3) is 5.91 Å². The lowest BCUT2D eigenvalue weighted by Crippen LogP contribution is -2.47. The minimum absolute atomic E-state index is 0.0860. The summed E-state index contributed by atoms with van der Waals surface area (Å²) in [5.74, 6) is 0.716. The fraction of sp³-hybridized carbons (Fsp3) is 0.222. The quantitative estimate of drug-likeness (QED) is 0.824. The molecular formula is C18H15BrN2O3S. The number of hydrogen-bond donors (Lipinski definition) is 1. The van der Waals surface area contributed by atoms with Crippen molar-refractivity contribution in [2.24, 2.45) is 0 Å². The minimum atomic E-state index is -1.07. The van der Waals surface area contributed by atoms with E-state index < -0.39 is 4.87 Å². The monoisotopic (exact) mass is 418 g/mol. The van der Waals surface area contributed by atoms with Gasteiger partial charge in [-0.1, -0.05) is 15.9 Å². The van der Waals surface area contributed by atoms with Crippen LogP contribution in [0.2, 0.25) is 0 Å². The highest BCUT2D eigenvalue weighted by Gasteiger charge is 2.58. The van der Waals surface area contributed by atoms with Crippen molar-refractivity contribution >= 4 is 50.9 Å². The Balaban J connectivity index is 1.83. The summed E-state index contributed by atoms with van der Waals surface area (Å²) in [6.07, 6.45) is 0. The number of ether oxygens (including phenoxy) is 1. The number of hydrogen-bond acceptors (Lipinski definition) is 4. The summed E-state index contributed by atoms with van der Waals surface area (Å²) in [7, 11) is 0. The van der Waals surface area contributed by atoms with Crippen LogP contribution >= 0.6 is 27.7 Å². The third kappa shape index (κ3) is 2.45. The Morgan fingerprint density at radius 2 is 2.00 bits per heavy atom. The first-order valence-electron chi connectivity index (χ1n) is 7.87. The third-order valence-corrected chi connectivity index (χ3v) is 6.17.